The Labute approximate surface area is 222 Å². The van der Waals surface area contributed by atoms with Crippen molar-refractivity contribution >= 4 is 57.8 Å². The van der Waals surface area contributed by atoms with Crippen LogP contribution in [0.2, 0.25) is 5.02 Å². The van der Waals surface area contributed by atoms with Gasteiger partial charge in [-0.25, -0.2) is 4.68 Å². The molecule has 2 heterocycles. The number of benzene rings is 3. The van der Waals surface area contributed by atoms with E-state index in [4.69, 9.17) is 28.9 Å². The lowest BCUT2D eigenvalue weighted by molar-refractivity contribution is -0.123. The van der Waals surface area contributed by atoms with Gasteiger partial charge >= 0.3 is 0 Å². The predicted octanol–water partition coefficient (Wildman–Crippen LogP) is 6.05. The van der Waals surface area contributed by atoms with Crippen LogP contribution in [-0.4, -0.2) is 30.9 Å². The van der Waals surface area contributed by atoms with E-state index in [0.717, 1.165) is 44.8 Å². The Balaban J connectivity index is 1.48. The predicted molar refractivity (Wildman–Crippen MR) is 148 cm³/mol. The normalized spacial score (nSPS) is 14.5. The Kier molecular flexibility index (Phi) is 6.73. The molecule has 2 amide bonds. The van der Waals surface area contributed by atoms with Gasteiger partial charge in [0.15, 0.2) is 4.32 Å². The Morgan fingerprint density at radius 3 is 2.44 bits per heavy atom. The molecule has 5 rings (SSSR count). The van der Waals surface area contributed by atoms with Crippen LogP contribution in [0.1, 0.15) is 21.5 Å². The van der Waals surface area contributed by atoms with Crippen molar-refractivity contribution in [3.63, 3.8) is 0 Å². The molecule has 0 radical (unpaired) electrons. The van der Waals surface area contributed by atoms with Crippen molar-refractivity contribution < 1.29 is 9.59 Å². The molecular formula is C27H19ClN4O2S2. The van der Waals surface area contributed by atoms with Crippen LogP contribution in [0.5, 0.6) is 0 Å². The lowest BCUT2D eigenvalue weighted by Gasteiger charge is -2.16. The molecule has 1 aromatic heterocycles. The summed E-state index contributed by atoms with van der Waals surface area (Å²) in [6.45, 7) is 2.02. The number of rotatable bonds is 5. The van der Waals surface area contributed by atoms with Crippen LogP contribution in [-0.2, 0) is 4.79 Å². The molecule has 0 aliphatic carbocycles. The number of aryl methyl sites for hydroxylation is 1. The summed E-state index contributed by atoms with van der Waals surface area (Å²) < 4.78 is 2.00. The number of thioether (sulfide) groups is 1. The van der Waals surface area contributed by atoms with Crippen LogP contribution in [0.15, 0.2) is 90.0 Å². The number of hydrazine groups is 1. The molecule has 1 fully saturated rings. The Hall–Kier alpha value is -3.72. The van der Waals surface area contributed by atoms with Crippen molar-refractivity contribution in [3.8, 4) is 16.9 Å². The first-order chi connectivity index (χ1) is 17.4. The first kappa shape index (κ1) is 24.0. The van der Waals surface area contributed by atoms with Gasteiger partial charge in [-0.3, -0.25) is 15.0 Å². The summed E-state index contributed by atoms with van der Waals surface area (Å²) in [4.78, 5) is 26.3. The molecule has 0 atom stereocenters. The Morgan fingerprint density at radius 2 is 1.72 bits per heavy atom. The number of halogens is 1. The van der Waals surface area contributed by atoms with Crippen LogP contribution >= 0.6 is 35.6 Å². The van der Waals surface area contributed by atoms with E-state index in [2.05, 4.69) is 5.43 Å². The minimum Gasteiger partial charge on any atom is -0.267 e. The number of thiocarbonyl (C=S) groups is 1. The second kappa shape index (κ2) is 10.1. The van der Waals surface area contributed by atoms with Crippen molar-refractivity contribution in [2.75, 3.05) is 0 Å². The topological polar surface area (TPSA) is 67.2 Å². The zero-order chi connectivity index (χ0) is 25.2. The highest BCUT2D eigenvalue weighted by Gasteiger charge is 2.34. The molecular weight excluding hydrogens is 512 g/mol. The fourth-order valence-corrected chi connectivity index (χ4v) is 5.05. The van der Waals surface area contributed by atoms with Crippen molar-refractivity contribution in [1.82, 2.24) is 20.2 Å². The second-order valence-electron chi connectivity index (χ2n) is 8.02. The number of amides is 2. The van der Waals surface area contributed by atoms with Gasteiger partial charge in [0, 0.05) is 17.3 Å². The van der Waals surface area contributed by atoms with Crippen molar-refractivity contribution in [3.05, 3.63) is 112 Å². The summed E-state index contributed by atoms with van der Waals surface area (Å²) in [5, 5.41) is 6.16. The Bertz CT molecular complexity index is 1510. The molecule has 1 aliphatic heterocycles. The van der Waals surface area contributed by atoms with Crippen molar-refractivity contribution in [2.45, 2.75) is 6.92 Å². The molecule has 36 heavy (non-hydrogen) atoms. The molecule has 178 valence electrons. The standard InChI is InChI=1S/C27H19ClN4O2S2/c1-17-11-13-18(14-12-17)24-19(16-31(29-24)20-7-3-2-4-8-20)15-23-26(34)32(27(35)36-23)30-25(33)21-9-5-6-10-22(21)28/h2-16H,1H3,(H,30,33)/b23-15+. The SMILES string of the molecule is Cc1ccc(-c2nn(-c3ccccc3)cc2/C=C2/SC(=S)N(NC(=O)c3ccccc3Cl)C2=O)cc1. The molecule has 3 aromatic carbocycles. The first-order valence-electron chi connectivity index (χ1n) is 11.0. The summed E-state index contributed by atoms with van der Waals surface area (Å²) in [5.41, 5.74) is 7.25. The maximum absolute atomic E-state index is 13.2. The molecule has 1 aliphatic rings. The van der Waals surface area contributed by atoms with Crippen LogP contribution in [0, 0.1) is 6.92 Å². The molecule has 1 saturated heterocycles. The van der Waals surface area contributed by atoms with Crippen LogP contribution in [0.4, 0.5) is 0 Å². The van der Waals surface area contributed by atoms with Gasteiger partial charge in [0.05, 0.1) is 26.9 Å². The van der Waals surface area contributed by atoms with Crippen LogP contribution in [0.3, 0.4) is 0 Å². The quantitative estimate of drug-likeness (QED) is 0.251. The molecule has 6 nitrogen and oxygen atoms in total. The maximum Gasteiger partial charge on any atom is 0.285 e. The Morgan fingerprint density at radius 1 is 1.03 bits per heavy atom. The molecule has 0 bridgehead atoms. The third-order valence-electron chi connectivity index (χ3n) is 5.50. The van der Waals surface area contributed by atoms with Gasteiger partial charge in [0.25, 0.3) is 11.8 Å². The number of aromatic nitrogens is 2. The van der Waals surface area contributed by atoms with E-state index in [-0.39, 0.29) is 14.9 Å². The number of hydrogen-bond acceptors (Lipinski definition) is 5. The average Bonchev–Trinajstić information content (AvgIpc) is 3.42. The van der Waals surface area contributed by atoms with Gasteiger partial charge in [-0.15, -0.1) is 0 Å². The zero-order valence-electron chi connectivity index (χ0n) is 19.0. The van der Waals surface area contributed by atoms with E-state index in [1.165, 1.54) is 0 Å². The zero-order valence-corrected chi connectivity index (χ0v) is 21.4. The van der Waals surface area contributed by atoms with Gasteiger partial charge in [-0.2, -0.15) is 10.1 Å². The van der Waals surface area contributed by atoms with Gasteiger partial charge in [-0.05, 0) is 49.5 Å². The summed E-state index contributed by atoms with van der Waals surface area (Å²) in [7, 11) is 0. The van der Waals surface area contributed by atoms with Crippen LogP contribution < -0.4 is 5.43 Å². The molecule has 0 saturated carbocycles. The fourth-order valence-electron chi connectivity index (χ4n) is 3.65. The highest BCUT2D eigenvalue weighted by atomic mass is 35.5. The smallest absolute Gasteiger partial charge is 0.267 e. The van der Waals surface area contributed by atoms with Crippen molar-refractivity contribution in [2.24, 2.45) is 0 Å². The third-order valence-corrected chi connectivity index (χ3v) is 7.13. The monoisotopic (exact) mass is 530 g/mol. The van der Waals surface area contributed by atoms with Gasteiger partial charge in [0.1, 0.15) is 0 Å². The van der Waals surface area contributed by atoms with Gasteiger partial charge in [0.2, 0.25) is 0 Å². The lowest BCUT2D eigenvalue weighted by atomic mass is 10.1. The van der Waals surface area contributed by atoms with E-state index >= 15 is 0 Å². The summed E-state index contributed by atoms with van der Waals surface area (Å²) in [5.74, 6) is -0.942. The molecule has 4 aromatic rings. The first-order valence-corrected chi connectivity index (χ1v) is 12.6. The van der Waals surface area contributed by atoms with Crippen molar-refractivity contribution in [1.29, 1.82) is 0 Å². The third kappa shape index (κ3) is 4.83. The minimum absolute atomic E-state index is 0.221. The van der Waals surface area contributed by atoms with E-state index in [1.54, 1.807) is 35.0 Å². The van der Waals surface area contributed by atoms with E-state index in [1.807, 2.05) is 67.7 Å². The van der Waals surface area contributed by atoms with Gasteiger partial charge < -0.3 is 0 Å². The number of carbonyl (C=O) groups is 2. The molecule has 0 unspecified atom stereocenters. The summed E-state index contributed by atoms with van der Waals surface area (Å²) >= 11 is 12.6. The highest BCUT2D eigenvalue weighted by molar-refractivity contribution is 8.26. The number of nitrogens with zero attached hydrogens (tertiary/aromatic N) is 3. The van der Waals surface area contributed by atoms with Gasteiger partial charge in [-0.1, -0.05) is 83.5 Å². The average molecular weight is 531 g/mol. The molecule has 9 heteroatoms. The fraction of sp³-hybridized carbons (Fsp3) is 0.0370. The number of hydrogen-bond donors (Lipinski definition) is 1. The number of carbonyl (C=O) groups excluding carboxylic acids is 2. The number of nitrogens with one attached hydrogen (secondary N) is 1. The second-order valence-corrected chi connectivity index (χ2v) is 10.1. The van der Waals surface area contributed by atoms with E-state index < -0.39 is 11.8 Å². The lowest BCUT2D eigenvalue weighted by Crippen LogP contribution is -2.44. The minimum atomic E-state index is -0.518. The molecule has 1 N–H and O–H groups in total. The van der Waals surface area contributed by atoms with E-state index in [0.29, 0.717) is 4.91 Å². The summed E-state index contributed by atoms with van der Waals surface area (Å²) in [6.07, 6.45) is 3.63. The largest absolute Gasteiger partial charge is 0.285 e. The molecule has 0 spiro atoms. The maximum atomic E-state index is 13.2. The summed E-state index contributed by atoms with van der Waals surface area (Å²) in [6, 6.07) is 24.4. The van der Waals surface area contributed by atoms with Crippen LogP contribution in [0.25, 0.3) is 23.0 Å². The van der Waals surface area contributed by atoms with E-state index in [9.17, 15) is 9.59 Å². The highest BCUT2D eigenvalue weighted by Crippen LogP contribution is 2.34. The number of para-hydroxylation sites is 1.